The Morgan fingerprint density at radius 2 is 2.10 bits per heavy atom. The number of likely N-dealkylation sites (N-methyl/N-ethyl adjacent to an activating group) is 1. The SMILES string of the molecule is CNc1cc(NCC2CN(C)CCO2)nc(C(F)(F)F)n1. The molecule has 0 radical (unpaired) electrons. The van der Waals surface area contributed by atoms with Crippen molar-refractivity contribution in [2.45, 2.75) is 12.3 Å². The van der Waals surface area contributed by atoms with Crippen LogP contribution in [0.1, 0.15) is 5.82 Å². The summed E-state index contributed by atoms with van der Waals surface area (Å²) in [5, 5.41) is 5.47. The van der Waals surface area contributed by atoms with Gasteiger partial charge in [0.15, 0.2) is 0 Å². The molecule has 9 heteroatoms. The lowest BCUT2D eigenvalue weighted by molar-refractivity contribution is -0.144. The summed E-state index contributed by atoms with van der Waals surface area (Å²) in [4.78, 5) is 9.01. The average molecular weight is 305 g/mol. The topological polar surface area (TPSA) is 62.3 Å². The van der Waals surface area contributed by atoms with E-state index < -0.39 is 12.0 Å². The number of alkyl halides is 3. The van der Waals surface area contributed by atoms with Crippen LogP contribution in [-0.2, 0) is 10.9 Å². The molecule has 1 saturated heterocycles. The van der Waals surface area contributed by atoms with Gasteiger partial charge in [-0.1, -0.05) is 0 Å². The number of ether oxygens (including phenoxy) is 1. The molecule has 1 fully saturated rings. The number of morpholine rings is 1. The zero-order valence-corrected chi connectivity index (χ0v) is 11.9. The van der Waals surface area contributed by atoms with E-state index in [2.05, 4.69) is 25.5 Å². The third-order valence-corrected chi connectivity index (χ3v) is 3.09. The van der Waals surface area contributed by atoms with Gasteiger partial charge in [-0.05, 0) is 7.05 Å². The molecule has 1 atom stereocenters. The lowest BCUT2D eigenvalue weighted by atomic mass is 10.3. The first-order valence-electron chi connectivity index (χ1n) is 6.56. The fraction of sp³-hybridized carbons (Fsp3) is 0.667. The van der Waals surface area contributed by atoms with Crippen LogP contribution in [0.25, 0.3) is 0 Å². The van der Waals surface area contributed by atoms with Gasteiger partial charge in [-0.3, -0.25) is 0 Å². The van der Waals surface area contributed by atoms with Crippen molar-refractivity contribution >= 4 is 11.6 Å². The summed E-state index contributed by atoms with van der Waals surface area (Å²) in [7, 11) is 3.48. The van der Waals surface area contributed by atoms with E-state index in [1.54, 1.807) is 0 Å². The Hall–Kier alpha value is -1.61. The van der Waals surface area contributed by atoms with Gasteiger partial charge < -0.3 is 20.3 Å². The minimum absolute atomic E-state index is 0.0777. The molecular formula is C12H18F3N5O. The summed E-state index contributed by atoms with van der Waals surface area (Å²) in [6.07, 6.45) is -4.66. The van der Waals surface area contributed by atoms with Crippen LogP contribution in [-0.4, -0.2) is 61.3 Å². The second kappa shape index (κ2) is 6.44. The molecule has 1 aliphatic heterocycles. The van der Waals surface area contributed by atoms with Gasteiger partial charge in [0.2, 0.25) is 5.82 Å². The van der Waals surface area contributed by atoms with Crippen molar-refractivity contribution in [1.82, 2.24) is 14.9 Å². The minimum Gasteiger partial charge on any atom is -0.374 e. The molecule has 0 bridgehead atoms. The number of nitrogens with zero attached hydrogens (tertiary/aromatic N) is 3. The fourth-order valence-corrected chi connectivity index (χ4v) is 2.00. The number of aromatic nitrogens is 2. The molecule has 0 saturated carbocycles. The Labute approximate surface area is 120 Å². The van der Waals surface area contributed by atoms with E-state index in [-0.39, 0.29) is 17.7 Å². The van der Waals surface area contributed by atoms with E-state index in [1.807, 2.05) is 7.05 Å². The van der Waals surface area contributed by atoms with Gasteiger partial charge in [-0.15, -0.1) is 0 Å². The van der Waals surface area contributed by atoms with Crippen molar-refractivity contribution in [2.24, 2.45) is 0 Å². The van der Waals surface area contributed by atoms with Crippen LogP contribution in [0.3, 0.4) is 0 Å². The van der Waals surface area contributed by atoms with Crippen molar-refractivity contribution in [3.8, 4) is 0 Å². The monoisotopic (exact) mass is 305 g/mol. The van der Waals surface area contributed by atoms with Crippen molar-refractivity contribution in [2.75, 3.05) is 51.0 Å². The standard InChI is InChI=1S/C12H18F3N5O/c1-16-9-5-10(19-11(18-9)12(13,14)15)17-6-8-7-20(2)3-4-21-8/h5,8H,3-4,6-7H2,1-2H3,(H2,16,17,18,19). The molecule has 2 heterocycles. The number of rotatable bonds is 4. The van der Waals surface area contributed by atoms with Crippen LogP contribution in [0, 0.1) is 0 Å². The predicted octanol–water partition coefficient (Wildman–Crippen LogP) is 1.28. The number of hydrogen-bond donors (Lipinski definition) is 2. The molecule has 1 unspecified atom stereocenters. The molecule has 1 aliphatic rings. The number of anilines is 2. The Bertz CT molecular complexity index is 482. The van der Waals surface area contributed by atoms with Crippen LogP contribution in [0.2, 0.25) is 0 Å². The smallest absolute Gasteiger partial charge is 0.374 e. The molecule has 21 heavy (non-hydrogen) atoms. The van der Waals surface area contributed by atoms with Crippen molar-refractivity contribution in [3.63, 3.8) is 0 Å². The van der Waals surface area contributed by atoms with Gasteiger partial charge in [0.25, 0.3) is 0 Å². The first-order valence-corrected chi connectivity index (χ1v) is 6.56. The normalized spacial score (nSPS) is 20.3. The molecule has 2 rings (SSSR count). The maximum atomic E-state index is 12.7. The van der Waals surface area contributed by atoms with Crippen molar-refractivity contribution < 1.29 is 17.9 Å². The maximum Gasteiger partial charge on any atom is 0.451 e. The summed E-state index contributed by atoms with van der Waals surface area (Å²) >= 11 is 0. The molecule has 2 N–H and O–H groups in total. The highest BCUT2D eigenvalue weighted by atomic mass is 19.4. The van der Waals surface area contributed by atoms with Gasteiger partial charge in [0.05, 0.1) is 12.7 Å². The zero-order valence-electron chi connectivity index (χ0n) is 11.9. The zero-order chi connectivity index (χ0) is 15.5. The highest BCUT2D eigenvalue weighted by Crippen LogP contribution is 2.28. The van der Waals surface area contributed by atoms with E-state index in [4.69, 9.17) is 4.74 Å². The van der Waals surface area contributed by atoms with Crippen LogP contribution in [0.4, 0.5) is 24.8 Å². The lowest BCUT2D eigenvalue weighted by Gasteiger charge is -2.30. The van der Waals surface area contributed by atoms with Gasteiger partial charge in [-0.25, -0.2) is 9.97 Å². The largest absolute Gasteiger partial charge is 0.451 e. The Balaban J connectivity index is 2.05. The maximum absolute atomic E-state index is 12.7. The Morgan fingerprint density at radius 3 is 2.71 bits per heavy atom. The average Bonchev–Trinajstić information content (AvgIpc) is 2.44. The minimum atomic E-state index is -4.58. The first kappa shape index (κ1) is 15.8. The highest BCUT2D eigenvalue weighted by molar-refractivity contribution is 5.47. The number of halogens is 3. The van der Waals surface area contributed by atoms with Crippen molar-refractivity contribution in [1.29, 1.82) is 0 Å². The van der Waals surface area contributed by atoms with E-state index >= 15 is 0 Å². The van der Waals surface area contributed by atoms with Crippen LogP contribution < -0.4 is 10.6 Å². The van der Waals surface area contributed by atoms with Gasteiger partial charge in [0, 0.05) is 32.7 Å². The van der Waals surface area contributed by atoms with Crippen molar-refractivity contribution in [3.05, 3.63) is 11.9 Å². The second-order valence-electron chi connectivity index (χ2n) is 4.85. The third-order valence-electron chi connectivity index (χ3n) is 3.09. The molecule has 1 aromatic heterocycles. The fourth-order valence-electron chi connectivity index (χ4n) is 2.00. The molecule has 6 nitrogen and oxygen atoms in total. The number of hydrogen-bond acceptors (Lipinski definition) is 6. The number of nitrogens with one attached hydrogen (secondary N) is 2. The first-order chi connectivity index (χ1) is 9.88. The molecule has 0 amide bonds. The van der Waals surface area contributed by atoms with Gasteiger partial charge in [0.1, 0.15) is 11.6 Å². The molecule has 118 valence electrons. The molecule has 1 aromatic rings. The molecular weight excluding hydrogens is 287 g/mol. The van der Waals surface area contributed by atoms with Gasteiger partial charge in [-0.2, -0.15) is 13.2 Å². The molecule has 0 aliphatic carbocycles. The third kappa shape index (κ3) is 4.43. The van der Waals surface area contributed by atoms with Gasteiger partial charge >= 0.3 is 6.18 Å². The van der Waals surface area contributed by atoms with Crippen LogP contribution >= 0.6 is 0 Å². The summed E-state index contributed by atoms with van der Waals surface area (Å²) in [5.74, 6) is -0.932. The Kier molecular flexibility index (Phi) is 4.84. The quantitative estimate of drug-likeness (QED) is 0.874. The van der Waals surface area contributed by atoms with E-state index in [0.717, 1.165) is 13.1 Å². The summed E-state index contributed by atoms with van der Waals surface area (Å²) in [6, 6.07) is 1.43. The van der Waals surface area contributed by atoms with E-state index in [9.17, 15) is 13.2 Å². The summed E-state index contributed by atoms with van der Waals surface area (Å²) in [6.45, 7) is 2.58. The predicted molar refractivity (Wildman–Crippen MR) is 72.3 cm³/mol. The second-order valence-corrected chi connectivity index (χ2v) is 4.85. The van der Waals surface area contributed by atoms with Crippen LogP contribution in [0.15, 0.2) is 6.07 Å². The van der Waals surface area contributed by atoms with E-state index in [1.165, 1.54) is 13.1 Å². The molecule has 0 spiro atoms. The lowest BCUT2D eigenvalue weighted by Crippen LogP contribution is -2.43. The highest BCUT2D eigenvalue weighted by Gasteiger charge is 2.35. The summed E-state index contributed by atoms with van der Waals surface area (Å²) < 4.78 is 43.7. The van der Waals surface area contributed by atoms with E-state index in [0.29, 0.717) is 13.2 Å². The summed E-state index contributed by atoms with van der Waals surface area (Å²) in [5.41, 5.74) is 0. The Morgan fingerprint density at radius 1 is 1.38 bits per heavy atom. The molecule has 0 aromatic carbocycles. The van der Waals surface area contributed by atoms with Crippen LogP contribution in [0.5, 0.6) is 0 Å².